The molecule has 1 aliphatic heterocycles. The van der Waals surface area contributed by atoms with Crippen molar-refractivity contribution in [2.75, 3.05) is 13.1 Å². The highest BCUT2D eigenvalue weighted by molar-refractivity contribution is 5.85. The Morgan fingerprint density at radius 1 is 1.27 bits per heavy atom. The van der Waals surface area contributed by atoms with Gasteiger partial charge in [-0.2, -0.15) is 5.10 Å². The molecular formula is C11H11N3O. The van der Waals surface area contributed by atoms with Crippen molar-refractivity contribution in [3.05, 3.63) is 30.5 Å². The minimum Gasteiger partial charge on any atom is -0.470 e. The van der Waals surface area contributed by atoms with Crippen LogP contribution in [0, 0.1) is 0 Å². The molecule has 0 unspecified atom stereocenters. The van der Waals surface area contributed by atoms with Crippen LogP contribution in [0.15, 0.2) is 30.5 Å². The van der Waals surface area contributed by atoms with E-state index in [0.717, 1.165) is 23.9 Å². The Hall–Kier alpha value is -1.68. The molecule has 15 heavy (non-hydrogen) atoms. The molecule has 0 saturated carbocycles. The highest BCUT2D eigenvalue weighted by Gasteiger charge is 2.19. The molecule has 1 aromatic heterocycles. The van der Waals surface area contributed by atoms with Gasteiger partial charge in [-0.3, -0.25) is 0 Å². The molecule has 4 heteroatoms. The van der Waals surface area contributed by atoms with Crippen molar-refractivity contribution in [3.8, 4) is 5.88 Å². The first-order valence-corrected chi connectivity index (χ1v) is 5.01. The van der Waals surface area contributed by atoms with Crippen molar-refractivity contribution >= 4 is 10.8 Å². The molecule has 0 bridgehead atoms. The first-order chi connectivity index (χ1) is 7.43. The minimum atomic E-state index is 0.241. The molecule has 2 aromatic rings. The van der Waals surface area contributed by atoms with Gasteiger partial charge in [0.25, 0.3) is 0 Å². The zero-order valence-corrected chi connectivity index (χ0v) is 8.18. The molecule has 0 atom stereocenters. The van der Waals surface area contributed by atoms with Gasteiger partial charge in [0, 0.05) is 23.9 Å². The van der Waals surface area contributed by atoms with Crippen LogP contribution in [0.4, 0.5) is 0 Å². The molecule has 0 amide bonds. The summed E-state index contributed by atoms with van der Waals surface area (Å²) in [5, 5.41) is 13.2. The zero-order chi connectivity index (χ0) is 10.1. The summed E-state index contributed by atoms with van der Waals surface area (Å²) in [6.07, 6.45) is 1.99. The minimum absolute atomic E-state index is 0.241. The molecule has 2 heterocycles. The average molecular weight is 201 g/mol. The molecule has 1 N–H and O–H groups in total. The van der Waals surface area contributed by atoms with Crippen LogP contribution >= 0.6 is 0 Å². The van der Waals surface area contributed by atoms with Gasteiger partial charge >= 0.3 is 0 Å². The van der Waals surface area contributed by atoms with Crippen LogP contribution in [-0.2, 0) is 0 Å². The van der Waals surface area contributed by atoms with E-state index in [0.29, 0.717) is 5.88 Å². The number of nitrogens with zero attached hydrogens (tertiary/aromatic N) is 2. The van der Waals surface area contributed by atoms with E-state index < -0.39 is 0 Å². The third-order valence-corrected chi connectivity index (χ3v) is 2.56. The Balaban J connectivity index is 2.01. The van der Waals surface area contributed by atoms with E-state index in [1.165, 1.54) is 0 Å². The zero-order valence-electron chi connectivity index (χ0n) is 8.18. The molecule has 0 spiro atoms. The van der Waals surface area contributed by atoms with Gasteiger partial charge in [0.1, 0.15) is 6.10 Å². The summed E-state index contributed by atoms with van der Waals surface area (Å²) in [5.41, 5.74) is 0. The summed E-state index contributed by atoms with van der Waals surface area (Å²) < 4.78 is 5.73. The van der Waals surface area contributed by atoms with Gasteiger partial charge < -0.3 is 10.1 Å². The molecule has 76 valence electrons. The first kappa shape index (κ1) is 8.61. The summed E-state index contributed by atoms with van der Waals surface area (Å²) in [4.78, 5) is 0. The summed E-state index contributed by atoms with van der Waals surface area (Å²) in [6.45, 7) is 1.79. The van der Waals surface area contributed by atoms with Gasteiger partial charge in [-0.05, 0) is 6.07 Å². The smallest absolute Gasteiger partial charge is 0.241 e. The predicted octanol–water partition coefficient (Wildman–Crippen LogP) is 0.980. The second kappa shape index (κ2) is 3.47. The van der Waals surface area contributed by atoms with Crippen molar-refractivity contribution in [2.24, 2.45) is 0 Å². The van der Waals surface area contributed by atoms with Crippen molar-refractivity contribution in [3.63, 3.8) is 0 Å². The van der Waals surface area contributed by atoms with Crippen LogP contribution < -0.4 is 10.1 Å². The first-order valence-electron chi connectivity index (χ1n) is 5.01. The third kappa shape index (κ3) is 1.53. The van der Waals surface area contributed by atoms with Crippen molar-refractivity contribution in [1.29, 1.82) is 0 Å². The van der Waals surface area contributed by atoms with E-state index in [2.05, 4.69) is 15.5 Å². The SMILES string of the molecule is c1ccc2c(OC3CNC3)nncc2c1. The predicted molar refractivity (Wildman–Crippen MR) is 56.8 cm³/mol. The lowest BCUT2D eigenvalue weighted by atomic mass is 10.2. The summed E-state index contributed by atoms with van der Waals surface area (Å²) in [5.74, 6) is 0.639. The van der Waals surface area contributed by atoms with Gasteiger partial charge in [0.05, 0.1) is 6.20 Å². The lowest BCUT2D eigenvalue weighted by Crippen LogP contribution is -2.50. The number of aromatic nitrogens is 2. The maximum Gasteiger partial charge on any atom is 0.241 e. The fourth-order valence-electron chi connectivity index (χ4n) is 1.59. The second-order valence-corrected chi connectivity index (χ2v) is 3.64. The lowest BCUT2D eigenvalue weighted by molar-refractivity contribution is 0.137. The van der Waals surface area contributed by atoms with Gasteiger partial charge in [0.15, 0.2) is 0 Å². The van der Waals surface area contributed by atoms with Crippen molar-refractivity contribution in [1.82, 2.24) is 15.5 Å². The molecule has 1 fully saturated rings. The Bertz CT molecular complexity index is 477. The highest BCUT2D eigenvalue weighted by Crippen LogP contribution is 2.22. The summed E-state index contributed by atoms with van der Waals surface area (Å²) in [6, 6.07) is 7.98. The largest absolute Gasteiger partial charge is 0.470 e. The van der Waals surface area contributed by atoms with Crippen LogP contribution in [0.25, 0.3) is 10.8 Å². The van der Waals surface area contributed by atoms with Gasteiger partial charge in [-0.25, -0.2) is 0 Å². The van der Waals surface area contributed by atoms with Crippen LogP contribution in [0.1, 0.15) is 0 Å². The van der Waals surface area contributed by atoms with Crippen LogP contribution in [0.5, 0.6) is 5.88 Å². The number of nitrogens with one attached hydrogen (secondary N) is 1. The number of benzene rings is 1. The summed E-state index contributed by atoms with van der Waals surface area (Å²) in [7, 11) is 0. The molecule has 1 aromatic carbocycles. The second-order valence-electron chi connectivity index (χ2n) is 3.64. The molecule has 3 rings (SSSR count). The molecule has 4 nitrogen and oxygen atoms in total. The van der Waals surface area contributed by atoms with E-state index in [4.69, 9.17) is 4.74 Å². The Kier molecular flexibility index (Phi) is 1.99. The third-order valence-electron chi connectivity index (χ3n) is 2.56. The lowest BCUT2D eigenvalue weighted by Gasteiger charge is -2.27. The fourth-order valence-corrected chi connectivity index (χ4v) is 1.59. The Morgan fingerprint density at radius 3 is 2.93 bits per heavy atom. The molecule has 1 aliphatic rings. The normalized spacial score (nSPS) is 16.3. The standard InChI is InChI=1S/C11H11N3O/c1-2-4-10-8(3-1)5-13-14-11(10)15-9-6-12-7-9/h1-5,9,12H,6-7H2. The summed E-state index contributed by atoms with van der Waals surface area (Å²) >= 11 is 0. The van der Waals surface area contributed by atoms with E-state index in [9.17, 15) is 0 Å². The van der Waals surface area contributed by atoms with Crippen LogP contribution in [0.2, 0.25) is 0 Å². The van der Waals surface area contributed by atoms with E-state index in [1.54, 1.807) is 6.20 Å². The maximum atomic E-state index is 5.73. The number of hydrogen-bond acceptors (Lipinski definition) is 4. The van der Waals surface area contributed by atoms with Crippen LogP contribution in [-0.4, -0.2) is 29.4 Å². The maximum absolute atomic E-state index is 5.73. The molecule has 1 saturated heterocycles. The molecule has 0 aliphatic carbocycles. The van der Waals surface area contributed by atoms with Crippen molar-refractivity contribution in [2.45, 2.75) is 6.10 Å². The van der Waals surface area contributed by atoms with Crippen molar-refractivity contribution < 1.29 is 4.74 Å². The van der Waals surface area contributed by atoms with E-state index in [-0.39, 0.29) is 6.10 Å². The molecule has 0 radical (unpaired) electrons. The van der Waals surface area contributed by atoms with E-state index >= 15 is 0 Å². The van der Waals surface area contributed by atoms with Gasteiger partial charge in [-0.15, -0.1) is 5.10 Å². The number of rotatable bonds is 2. The van der Waals surface area contributed by atoms with E-state index in [1.807, 2.05) is 24.3 Å². The quantitative estimate of drug-likeness (QED) is 0.786. The number of ether oxygens (including phenoxy) is 1. The number of hydrogen-bond donors (Lipinski definition) is 1. The Labute approximate surface area is 87.3 Å². The monoisotopic (exact) mass is 201 g/mol. The average Bonchev–Trinajstić information content (AvgIpc) is 2.23. The highest BCUT2D eigenvalue weighted by atomic mass is 16.5. The topological polar surface area (TPSA) is 47.0 Å². The number of fused-ring (bicyclic) bond motifs is 1. The van der Waals surface area contributed by atoms with Gasteiger partial charge in [0.2, 0.25) is 5.88 Å². The fraction of sp³-hybridized carbons (Fsp3) is 0.273. The Morgan fingerprint density at radius 2 is 2.13 bits per heavy atom. The van der Waals surface area contributed by atoms with Gasteiger partial charge in [-0.1, -0.05) is 18.2 Å². The molecular weight excluding hydrogens is 190 g/mol. The van der Waals surface area contributed by atoms with Crippen LogP contribution in [0.3, 0.4) is 0 Å².